The lowest BCUT2D eigenvalue weighted by atomic mass is 10.2. The summed E-state index contributed by atoms with van der Waals surface area (Å²) in [5, 5.41) is 0. The Morgan fingerprint density at radius 2 is 2.25 bits per heavy atom. The molecule has 1 fully saturated rings. The van der Waals surface area contributed by atoms with Crippen LogP contribution in [0.4, 0.5) is 0 Å². The number of nitrogens with one attached hydrogen (secondary N) is 1. The van der Waals surface area contributed by atoms with E-state index in [1.165, 1.54) is 10.8 Å². The number of nitrogens with zero attached hydrogens (tertiary/aromatic N) is 1. The van der Waals surface area contributed by atoms with E-state index in [0.717, 1.165) is 0 Å². The van der Waals surface area contributed by atoms with Gasteiger partial charge in [-0.05, 0) is 31.6 Å². The van der Waals surface area contributed by atoms with Gasteiger partial charge in [0.05, 0.1) is 12.7 Å². The van der Waals surface area contributed by atoms with E-state index < -0.39 is 24.2 Å². The van der Waals surface area contributed by atoms with E-state index in [1.54, 1.807) is 6.92 Å². The summed E-state index contributed by atoms with van der Waals surface area (Å²) in [6.07, 6.45) is 1.70. The van der Waals surface area contributed by atoms with Gasteiger partial charge in [0, 0.05) is 11.8 Å². The Hall–Kier alpha value is -0.830. The number of hydrogen-bond donors (Lipinski definition) is 3. The van der Waals surface area contributed by atoms with Crippen molar-refractivity contribution >= 4 is 18.5 Å². The molecule has 1 saturated heterocycles. The second kappa shape index (κ2) is 5.88. The fourth-order valence-corrected chi connectivity index (χ4v) is 2.54. The minimum Gasteiger partial charge on any atom is -0.352 e. The first-order valence-electron chi connectivity index (χ1n) is 5.94. The second-order valence-corrected chi connectivity index (χ2v) is 7.22. The molecule has 0 bridgehead atoms. The summed E-state index contributed by atoms with van der Waals surface area (Å²) in [6.45, 7) is -2.15. The minimum atomic E-state index is -3.70. The van der Waals surface area contributed by atoms with Crippen LogP contribution in [0.15, 0.2) is 15.8 Å². The van der Waals surface area contributed by atoms with Crippen molar-refractivity contribution in [1.29, 1.82) is 0 Å². The van der Waals surface area contributed by atoms with Gasteiger partial charge in [-0.3, -0.25) is 14.3 Å². The van der Waals surface area contributed by atoms with Crippen molar-refractivity contribution in [2.75, 3.05) is 6.61 Å². The van der Waals surface area contributed by atoms with E-state index in [0.29, 0.717) is 18.4 Å². The van der Waals surface area contributed by atoms with E-state index >= 15 is 0 Å². The quantitative estimate of drug-likeness (QED) is 0.655. The van der Waals surface area contributed by atoms with Gasteiger partial charge >= 0.3 is 12.4 Å². The molecule has 0 saturated carbocycles. The Morgan fingerprint density at radius 1 is 1.55 bits per heavy atom. The fraction of sp³-hybridized carbons (Fsp3) is 0.600. The number of H-pyrrole nitrogens is 1. The monoisotopic (exact) mass is 322 g/mol. The molecule has 1 aromatic rings. The molecule has 10 heteroatoms. The maximum atomic E-state index is 11.7. The van der Waals surface area contributed by atoms with Gasteiger partial charge in [0.1, 0.15) is 6.23 Å². The zero-order valence-electron chi connectivity index (χ0n) is 10.7. The van der Waals surface area contributed by atoms with Crippen molar-refractivity contribution in [1.82, 2.24) is 9.55 Å². The number of rotatable bonds is 4. The Kier molecular flexibility index (Phi) is 4.58. The highest BCUT2D eigenvalue weighted by Crippen LogP contribution is 2.38. The zero-order chi connectivity index (χ0) is 14.9. The lowest BCUT2D eigenvalue weighted by Crippen LogP contribution is -2.33. The fourth-order valence-electron chi connectivity index (χ4n) is 1.99. The number of ether oxygens (including phenoxy) is 1. The maximum Gasteiger partial charge on any atom is 0.330 e. The van der Waals surface area contributed by atoms with Gasteiger partial charge in [-0.15, -0.1) is 0 Å². The topological polar surface area (TPSA) is 114 Å². The predicted molar refractivity (Wildman–Crippen MR) is 73.9 cm³/mol. The summed E-state index contributed by atoms with van der Waals surface area (Å²) in [6, 6.07) is 0. The Morgan fingerprint density at radius 3 is 2.90 bits per heavy atom. The highest BCUT2D eigenvalue weighted by atomic mass is 32.5. The molecule has 20 heavy (non-hydrogen) atoms. The Labute approximate surface area is 119 Å². The lowest BCUT2D eigenvalue weighted by Gasteiger charge is -2.17. The van der Waals surface area contributed by atoms with E-state index in [4.69, 9.17) is 19.0 Å². The van der Waals surface area contributed by atoms with Gasteiger partial charge in [0.25, 0.3) is 5.56 Å². The molecule has 112 valence electrons. The van der Waals surface area contributed by atoms with Crippen LogP contribution in [0.5, 0.6) is 0 Å². The summed E-state index contributed by atoms with van der Waals surface area (Å²) < 4.78 is 11.6. The van der Waals surface area contributed by atoms with E-state index in [2.05, 4.69) is 16.8 Å². The smallest absolute Gasteiger partial charge is 0.330 e. The molecular weight excluding hydrogens is 307 g/mol. The van der Waals surface area contributed by atoms with Crippen LogP contribution in [-0.2, 0) is 21.1 Å². The first-order valence-corrected chi connectivity index (χ1v) is 8.56. The van der Waals surface area contributed by atoms with Crippen LogP contribution in [0.2, 0.25) is 0 Å². The third-order valence-corrected chi connectivity index (χ3v) is 3.77. The molecule has 0 amide bonds. The van der Waals surface area contributed by atoms with Crippen LogP contribution >= 0.6 is 6.72 Å². The second-order valence-electron chi connectivity index (χ2n) is 4.56. The summed E-state index contributed by atoms with van der Waals surface area (Å²) in [4.78, 5) is 43.2. The molecule has 0 radical (unpaired) electrons. The average molecular weight is 322 g/mol. The van der Waals surface area contributed by atoms with Gasteiger partial charge in [-0.25, -0.2) is 4.79 Å². The molecule has 1 aliphatic heterocycles. The number of aromatic nitrogens is 2. The van der Waals surface area contributed by atoms with Crippen molar-refractivity contribution in [2.45, 2.75) is 32.1 Å². The molecule has 0 aliphatic carbocycles. The van der Waals surface area contributed by atoms with Crippen LogP contribution in [0.25, 0.3) is 0 Å². The first kappa shape index (κ1) is 15.6. The van der Waals surface area contributed by atoms with Crippen LogP contribution in [0.1, 0.15) is 24.6 Å². The molecule has 1 aromatic heterocycles. The summed E-state index contributed by atoms with van der Waals surface area (Å²) >= 11 is 4.34. The van der Waals surface area contributed by atoms with E-state index in [-0.39, 0.29) is 12.7 Å². The molecule has 2 atom stereocenters. The van der Waals surface area contributed by atoms with Crippen molar-refractivity contribution < 1.29 is 19.0 Å². The number of aryl methyl sites for hydroxylation is 1. The molecule has 8 nitrogen and oxygen atoms in total. The first-order chi connectivity index (χ1) is 9.26. The molecule has 0 aromatic carbocycles. The predicted octanol–water partition coefficient (Wildman–Crippen LogP) is -0.252. The number of aromatic amines is 1. The summed E-state index contributed by atoms with van der Waals surface area (Å²) in [5.41, 5.74) is -0.555. The lowest BCUT2D eigenvalue weighted by molar-refractivity contribution is -0.0219. The number of hydrogen-bond acceptors (Lipinski definition) is 5. The molecule has 1 aliphatic rings. The van der Waals surface area contributed by atoms with Crippen molar-refractivity contribution in [3.05, 3.63) is 32.6 Å². The standard InChI is InChI=1S/C10H15N2O6PS/c1-6-4-12(10(14)11-9(6)13)8-3-2-7(18-8)5-17-19(15,16)20/h4,7-8H,2-3,5H2,1H3,(H,11,13,14)(H2,15,16,20)/t7-,8-/m0/s1. The van der Waals surface area contributed by atoms with Crippen LogP contribution in [0, 0.1) is 6.92 Å². The van der Waals surface area contributed by atoms with Gasteiger partial charge < -0.3 is 19.0 Å². The van der Waals surface area contributed by atoms with E-state index in [9.17, 15) is 9.59 Å². The van der Waals surface area contributed by atoms with Gasteiger partial charge in [-0.1, -0.05) is 0 Å². The SMILES string of the molecule is Cc1cn([C@@H]2CC[C@@H](COP(O)(O)=S)O2)c(=O)[nH]c1=O. The maximum absolute atomic E-state index is 11.7. The van der Waals surface area contributed by atoms with Crippen molar-refractivity contribution in [3.63, 3.8) is 0 Å². The Balaban J connectivity index is 2.06. The average Bonchev–Trinajstić information content (AvgIpc) is 2.79. The van der Waals surface area contributed by atoms with Crippen molar-refractivity contribution in [3.8, 4) is 0 Å². The largest absolute Gasteiger partial charge is 0.352 e. The third kappa shape index (κ3) is 3.85. The highest BCUT2D eigenvalue weighted by Gasteiger charge is 2.28. The van der Waals surface area contributed by atoms with Crippen LogP contribution in [-0.4, -0.2) is 32.0 Å². The molecule has 2 rings (SSSR count). The van der Waals surface area contributed by atoms with Crippen LogP contribution in [0.3, 0.4) is 0 Å². The molecule has 2 heterocycles. The highest BCUT2D eigenvalue weighted by molar-refractivity contribution is 8.06. The molecule has 0 spiro atoms. The zero-order valence-corrected chi connectivity index (χ0v) is 12.4. The summed E-state index contributed by atoms with van der Waals surface area (Å²) in [5.74, 6) is 0. The van der Waals surface area contributed by atoms with E-state index in [1.807, 2.05) is 0 Å². The van der Waals surface area contributed by atoms with Gasteiger partial charge in [0.15, 0.2) is 0 Å². The normalized spacial score (nSPS) is 23.1. The Bertz CT molecular complexity index is 650. The summed E-state index contributed by atoms with van der Waals surface area (Å²) in [7, 11) is 0. The third-order valence-electron chi connectivity index (χ3n) is 2.97. The molecular formula is C10H15N2O6PS. The molecule has 0 unspecified atom stereocenters. The molecule has 3 N–H and O–H groups in total. The van der Waals surface area contributed by atoms with Gasteiger partial charge in [0.2, 0.25) is 0 Å². The van der Waals surface area contributed by atoms with Crippen molar-refractivity contribution in [2.24, 2.45) is 0 Å². The minimum absolute atomic E-state index is 0.0438. The van der Waals surface area contributed by atoms with Gasteiger partial charge in [-0.2, -0.15) is 0 Å². The van der Waals surface area contributed by atoms with Crippen LogP contribution < -0.4 is 11.2 Å².